The fraction of sp³-hybridized carbons (Fsp3) is 0.160. The van der Waals surface area contributed by atoms with Crippen molar-refractivity contribution in [3.63, 3.8) is 0 Å². The Morgan fingerprint density at radius 2 is 1.79 bits per heavy atom. The average molecular weight is 463 g/mol. The first-order chi connectivity index (χ1) is 15.9. The number of hydrogen-bond donors (Lipinski definition) is 0. The number of ether oxygens (including phenoxy) is 2. The quantitative estimate of drug-likeness (QED) is 0.428. The van der Waals surface area contributed by atoms with Crippen LogP contribution in [0.4, 0.5) is 5.82 Å². The van der Waals surface area contributed by atoms with Crippen LogP contribution in [0.2, 0.25) is 5.02 Å². The third kappa shape index (κ3) is 3.32. The van der Waals surface area contributed by atoms with Crippen LogP contribution in [-0.2, 0) is 0 Å². The van der Waals surface area contributed by atoms with Crippen molar-refractivity contribution in [2.45, 2.75) is 13.0 Å². The molecule has 0 saturated heterocycles. The van der Waals surface area contributed by atoms with Crippen LogP contribution in [0.25, 0.3) is 11.0 Å². The minimum atomic E-state index is -0.776. The Kier molecular flexibility index (Phi) is 5.06. The largest absolute Gasteiger partial charge is 0.493 e. The molecule has 1 aliphatic rings. The fourth-order valence-electron chi connectivity index (χ4n) is 4.12. The van der Waals surface area contributed by atoms with Gasteiger partial charge in [-0.05, 0) is 54.4 Å². The lowest BCUT2D eigenvalue weighted by atomic mass is 9.98. The number of anilines is 1. The first-order valence-corrected chi connectivity index (χ1v) is 10.5. The number of rotatable bonds is 4. The minimum absolute atomic E-state index is 0.0167. The predicted molar refractivity (Wildman–Crippen MR) is 125 cm³/mol. The lowest BCUT2D eigenvalue weighted by Crippen LogP contribution is -2.30. The molecular weight excluding hydrogens is 444 g/mol. The highest BCUT2D eigenvalue weighted by Gasteiger charge is 2.44. The van der Waals surface area contributed by atoms with Crippen LogP contribution in [-0.4, -0.2) is 25.1 Å². The summed E-state index contributed by atoms with van der Waals surface area (Å²) in [6.45, 7) is 1.91. The number of aryl methyl sites for hydroxylation is 1. The summed E-state index contributed by atoms with van der Waals surface area (Å²) in [4.78, 5) is 33.1. The van der Waals surface area contributed by atoms with Crippen molar-refractivity contribution in [3.8, 4) is 11.5 Å². The van der Waals surface area contributed by atoms with Crippen molar-refractivity contribution >= 4 is 34.3 Å². The molecule has 0 saturated carbocycles. The number of fused-ring (bicyclic) bond motifs is 2. The van der Waals surface area contributed by atoms with Crippen molar-refractivity contribution in [1.82, 2.24) is 4.98 Å². The summed E-state index contributed by atoms with van der Waals surface area (Å²) in [6.07, 6.45) is 1.67. The summed E-state index contributed by atoms with van der Waals surface area (Å²) in [5, 5.41) is 0.706. The summed E-state index contributed by atoms with van der Waals surface area (Å²) in [7, 11) is 3.07. The molecule has 1 aliphatic heterocycles. The summed E-state index contributed by atoms with van der Waals surface area (Å²) in [5.74, 6) is 0.939. The number of carbonyl (C=O) groups excluding carboxylic acids is 1. The zero-order valence-corrected chi connectivity index (χ0v) is 18.8. The molecule has 8 heteroatoms. The van der Waals surface area contributed by atoms with Gasteiger partial charge in [-0.2, -0.15) is 0 Å². The average Bonchev–Trinajstić information content (AvgIpc) is 3.12. The van der Waals surface area contributed by atoms with E-state index in [2.05, 4.69) is 4.98 Å². The van der Waals surface area contributed by atoms with Crippen LogP contribution in [0.15, 0.2) is 63.9 Å². The van der Waals surface area contributed by atoms with E-state index in [0.29, 0.717) is 38.9 Å². The monoisotopic (exact) mass is 462 g/mol. The molecular formula is C25H19ClN2O5. The number of benzene rings is 2. The van der Waals surface area contributed by atoms with Crippen molar-refractivity contribution in [1.29, 1.82) is 0 Å². The molecule has 2 aromatic heterocycles. The van der Waals surface area contributed by atoms with Crippen LogP contribution < -0.4 is 19.8 Å². The smallest absolute Gasteiger partial charge is 0.296 e. The number of methoxy groups -OCH3 is 2. The van der Waals surface area contributed by atoms with Crippen molar-refractivity contribution in [3.05, 3.63) is 92.4 Å². The van der Waals surface area contributed by atoms with Gasteiger partial charge < -0.3 is 13.9 Å². The molecule has 4 aromatic rings. The zero-order valence-electron chi connectivity index (χ0n) is 18.1. The Balaban J connectivity index is 1.81. The second-order valence-corrected chi connectivity index (χ2v) is 8.14. The second-order valence-electron chi connectivity index (χ2n) is 7.70. The van der Waals surface area contributed by atoms with Crippen LogP contribution in [0.3, 0.4) is 0 Å². The van der Waals surface area contributed by atoms with E-state index >= 15 is 0 Å². The molecule has 166 valence electrons. The summed E-state index contributed by atoms with van der Waals surface area (Å²) in [5.41, 5.74) is 1.79. The molecule has 0 bridgehead atoms. The van der Waals surface area contributed by atoms with E-state index in [-0.39, 0.29) is 16.8 Å². The number of aromatic nitrogens is 1. The predicted octanol–water partition coefficient (Wildman–Crippen LogP) is 4.92. The number of nitrogens with zero attached hydrogens (tertiary/aromatic N) is 2. The Morgan fingerprint density at radius 3 is 2.48 bits per heavy atom. The van der Waals surface area contributed by atoms with Gasteiger partial charge in [0, 0.05) is 11.2 Å². The maximum absolute atomic E-state index is 13.6. The third-order valence-corrected chi connectivity index (χ3v) is 5.93. The van der Waals surface area contributed by atoms with E-state index in [0.717, 1.165) is 5.56 Å². The van der Waals surface area contributed by atoms with Gasteiger partial charge in [-0.15, -0.1) is 0 Å². The van der Waals surface area contributed by atoms with Gasteiger partial charge in [-0.1, -0.05) is 23.7 Å². The molecule has 1 amide bonds. The molecule has 0 radical (unpaired) electrons. The summed E-state index contributed by atoms with van der Waals surface area (Å²) in [6, 6.07) is 12.8. The molecule has 5 rings (SSSR count). The van der Waals surface area contributed by atoms with Crippen LogP contribution >= 0.6 is 11.6 Å². The molecule has 1 atom stereocenters. The third-order valence-electron chi connectivity index (χ3n) is 5.70. The van der Waals surface area contributed by atoms with Gasteiger partial charge in [0.2, 0.25) is 5.76 Å². The SMILES string of the molecule is COc1ccc([C@@H]2c3c(oc4ccc(Cl)cc4c3=O)C(=O)N2c2ccc(C)cn2)cc1OC. The highest BCUT2D eigenvalue weighted by Crippen LogP contribution is 2.42. The van der Waals surface area contributed by atoms with Gasteiger partial charge in [0.15, 0.2) is 16.9 Å². The van der Waals surface area contributed by atoms with Gasteiger partial charge in [0.05, 0.1) is 31.2 Å². The van der Waals surface area contributed by atoms with Gasteiger partial charge in [0.1, 0.15) is 11.4 Å². The van der Waals surface area contributed by atoms with Gasteiger partial charge in [-0.25, -0.2) is 4.98 Å². The summed E-state index contributed by atoms with van der Waals surface area (Å²) >= 11 is 6.14. The van der Waals surface area contributed by atoms with Gasteiger partial charge in [-0.3, -0.25) is 14.5 Å². The van der Waals surface area contributed by atoms with Gasteiger partial charge >= 0.3 is 0 Å². The molecule has 0 N–H and O–H groups in total. The number of pyridine rings is 1. The fourth-order valence-corrected chi connectivity index (χ4v) is 4.29. The highest BCUT2D eigenvalue weighted by molar-refractivity contribution is 6.31. The maximum atomic E-state index is 13.6. The molecule has 0 spiro atoms. The van der Waals surface area contributed by atoms with E-state index in [9.17, 15) is 9.59 Å². The van der Waals surface area contributed by atoms with Crippen molar-refractivity contribution in [2.24, 2.45) is 0 Å². The lowest BCUT2D eigenvalue weighted by molar-refractivity contribution is 0.0970. The molecule has 0 unspecified atom stereocenters. The summed E-state index contributed by atoms with van der Waals surface area (Å²) < 4.78 is 16.8. The number of hydrogen-bond acceptors (Lipinski definition) is 6. The molecule has 0 aliphatic carbocycles. The Labute approximate surface area is 194 Å². The Morgan fingerprint density at radius 1 is 1.00 bits per heavy atom. The van der Waals surface area contributed by atoms with E-state index in [1.165, 1.54) is 12.0 Å². The Bertz CT molecular complexity index is 1460. The minimum Gasteiger partial charge on any atom is -0.493 e. The molecule has 7 nitrogen and oxygen atoms in total. The molecule has 0 fully saturated rings. The first-order valence-electron chi connectivity index (χ1n) is 10.2. The number of amides is 1. The molecule has 3 heterocycles. The van der Waals surface area contributed by atoms with E-state index < -0.39 is 11.9 Å². The normalized spacial score (nSPS) is 15.1. The highest BCUT2D eigenvalue weighted by atomic mass is 35.5. The van der Waals surface area contributed by atoms with Crippen molar-refractivity contribution in [2.75, 3.05) is 19.1 Å². The lowest BCUT2D eigenvalue weighted by Gasteiger charge is -2.25. The van der Waals surface area contributed by atoms with Crippen LogP contribution in [0, 0.1) is 6.92 Å². The topological polar surface area (TPSA) is 81.9 Å². The first kappa shape index (κ1) is 21.0. The maximum Gasteiger partial charge on any atom is 0.296 e. The van der Waals surface area contributed by atoms with Crippen molar-refractivity contribution < 1.29 is 18.7 Å². The zero-order chi connectivity index (χ0) is 23.3. The van der Waals surface area contributed by atoms with Crippen LogP contribution in [0.5, 0.6) is 11.5 Å². The molecule has 2 aromatic carbocycles. The molecule has 33 heavy (non-hydrogen) atoms. The second kappa shape index (κ2) is 7.94. The van der Waals surface area contributed by atoms with Gasteiger partial charge in [0.25, 0.3) is 5.91 Å². The number of halogens is 1. The van der Waals surface area contributed by atoms with Crippen LogP contribution in [0.1, 0.15) is 33.3 Å². The standard InChI is InChI=1S/C25H19ClN2O5/c1-13-4-9-20(27-12-13)28-22(14-5-7-18(31-2)19(10-14)32-3)21-23(29)16-11-15(26)6-8-17(16)33-24(21)25(28)30/h4-12,22H,1-3H3/t22-/m1/s1. The van der Waals surface area contributed by atoms with E-state index in [1.807, 2.05) is 13.0 Å². The number of carbonyl (C=O) groups is 1. The Hall–Kier alpha value is -3.84. The van der Waals surface area contributed by atoms with E-state index in [1.54, 1.807) is 55.8 Å². The van der Waals surface area contributed by atoms with E-state index in [4.69, 9.17) is 25.5 Å².